The Morgan fingerprint density at radius 2 is 1.71 bits per heavy atom. The molecular formula is C33H44N2O3. The molecule has 1 atom stereocenters. The number of carbonyl (C=O) groups excluding carboxylic acids is 2. The van der Waals surface area contributed by atoms with Crippen molar-refractivity contribution in [2.45, 2.75) is 110 Å². The average molecular weight is 517 g/mol. The summed E-state index contributed by atoms with van der Waals surface area (Å²) in [6, 6.07) is 15.8. The summed E-state index contributed by atoms with van der Waals surface area (Å²) in [7, 11) is 0. The Labute approximate surface area is 228 Å². The number of unbranched alkanes of at least 4 members (excludes halogenated alkanes) is 1. The molecule has 1 heterocycles. The number of ether oxygens (including phenoxy) is 1. The number of esters is 1. The third kappa shape index (κ3) is 6.03. The average Bonchev–Trinajstić information content (AvgIpc) is 3.18. The third-order valence-corrected chi connectivity index (χ3v) is 7.98. The standard InChI is InChI=1S/C33H44N2O3/c1-6-8-18-29-34-33(7-2,26-14-10-9-11-15-26)31(37)35(29)23-24-19-21-25(22-20-24)27-16-12-13-17-28(27)30(36)38-32(3,4)5/h12-13,16-17,19-22,26H,6-11,14-15,18,23H2,1-5H3/t33-/m0/s1. The SMILES string of the molecule is CCCCC1=N[C@@](CC)(C2CCCCC2)C(=O)N1Cc1ccc(-c2ccccc2C(=O)OC(C)(C)C)cc1. The lowest BCUT2D eigenvalue weighted by Gasteiger charge is -2.35. The smallest absolute Gasteiger partial charge is 0.339 e. The molecule has 2 aliphatic rings. The van der Waals surface area contributed by atoms with E-state index in [2.05, 4.69) is 26.0 Å². The molecule has 1 fully saturated rings. The number of carbonyl (C=O) groups is 2. The fraction of sp³-hybridized carbons (Fsp3) is 0.545. The molecule has 2 aromatic rings. The van der Waals surface area contributed by atoms with Crippen LogP contribution in [0, 0.1) is 5.92 Å². The summed E-state index contributed by atoms with van der Waals surface area (Å²) in [5.74, 6) is 1.18. The third-order valence-electron chi connectivity index (χ3n) is 7.98. The van der Waals surface area contributed by atoms with E-state index >= 15 is 0 Å². The van der Waals surface area contributed by atoms with Crippen molar-refractivity contribution in [3.63, 3.8) is 0 Å². The van der Waals surface area contributed by atoms with Gasteiger partial charge in [0.25, 0.3) is 5.91 Å². The van der Waals surface area contributed by atoms with Crippen molar-refractivity contribution in [3.05, 3.63) is 59.7 Å². The zero-order valence-corrected chi connectivity index (χ0v) is 23.9. The minimum absolute atomic E-state index is 0.192. The molecule has 1 aliphatic heterocycles. The van der Waals surface area contributed by atoms with Gasteiger partial charge in [-0.25, -0.2) is 4.79 Å². The summed E-state index contributed by atoms with van der Waals surface area (Å²) in [4.78, 5) is 34.1. The van der Waals surface area contributed by atoms with Crippen LogP contribution in [0.3, 0.4) is 0 Å². The summed E-state index contributed by atoms with van der Waals surface area (Å²) in [6.07, 6.45) is 9.60. The van der Waals surface area contributed by atoms with Gasteiger partial charge in [0.05, 0.1) is 12.1 Å². The summed E-state index contributed by atoms with van der Waals surface area (Å²) >= 11 is 0. The molecule has 0 bridgehead atoms. The second-order valence-electron chi connectivity index (χ2n) is 11.9. The van der Waals surface area contributed by atoms with Crippen molar-refractivity contribution in [2.75, 3.05) is 0 Å². The highest BCUT2D eigenvalue weighted by atomic mass is 16.6. The minimum atomic E-state index is -0.588. The van der Waals surface area contributed by atoms with Gasteiger partial charge in [-0.05, 0) is 75.1 Å². The summed E-state index contributed by atoms with van der Waals surface area (Å²) in [6.45, 7) is 10.5. The number of aliphatic imine (C=N–C) groups is 1. The molecule has 0 saturated heterocycles. The van der Waals surface area contributed by atoms with Gasteiger partial charge in [-0.2, -0.15) is 0 Å². The molecule has 0 aromatic heterocycles. The largest absolute Gasteiger partial charge is 0.456 e. The molecule has 2 aromatic carbocycles. The van der Waals surface area contributed by atoms with Gasteiger partial charge in [0.15, 0.2) is 0 Å². The first-order chi connectivity index (χ1) is 18.2. The van der Waals surface area contributed by atoms with Crippen LogP contribution >= 0.6 is 0 Å². The number of rotatable bonds is 9. The highest BCUT2D eigenvalue weighted by Crippen LogP contribution is 2.42. The predicted molar refractivity (Wildman–Crippen MR) is 154 cm³/mol. The maximum Gasteiger partial charge on any atom is 0.339 e. The molecule has 5 nitrogen and oxygen atoms in total. The van der Waals surface area contributed by atoms with Crippen molar-refractivity contribution in [2.24, 2.45) is 10.9 Å². The molecule has 0 N–H and O–H groups in total. The van der Waals surface area contributed by atoms with Gasteiger partial charge >= 0.3 is 5.97 Å². The molecule has 38 heavy (non-hydrogen) atoms. The van der Waals surface area contributed by atoms with E-state index in [1.807, 2.05) is 62.1 Å². The summed E-state index contributed by atoms with van der Waals surface area (Å²) in [5, 5.41) is 0. The van der Waals surface area contributed by atoms with Crippen LogP contribution in [0.1, 0.15) is 108 Å². The first-order valence-corrected chi connectivity index (χ1v) is 14.5. The van der Waals surface area contributed by atoms with Crippen LogP contribution in [0.2, 0.25) is 0 Å². The van der Waals surface area contributed by atoms with Crippen LogP contribution in [-0.4, -0.2) is 33.8 Å². The van der Waals surface area contributed by atoms with Gasteiger partial charge < -0.3 is 4.74 Å². The maximum atomic E-state index is 14.0. The Hall–Kier alpha value is -2.95. The second kappa shape index (κ2) is 11.8. The predicted octanol–water partition coefficient (Wildman–Crippen LogP) is 7.97. The van der Waals surface area contributed by atoms with E-state index in [1.54, 1.807) is 0 Å². The molecule has 1 aliphatic carbocycles. The van der Waals surface area contributed by atoms with Crippen LogP contribution in [0.25, 0.3) is 11.1 Å². The van der Waals surface area contributed by atoms with E-state index in [-0.39, 0.29) is 11.9 Å². The number of hydrogen-bond acceptors (Lipinski definition) is 4. The van der Waals surface area contributed by atoms with Gasteiger partial charge in [0, 0.05) is 6.42 Å². The molecular weight excluding hydrogens is 472 g/mol. The zero-order valence-electron chi connectivity index (χ0n) is 23.9. The van der Waals surface area contributed by atoms with Crippen LogP contribution in [0.5, 0.6) is 0 Å². The van der Waals surface area contributed by atoms with Crippen molar-refractivity contribution in [1.29, 1.82) is 0 Å². The number of hydrogen-bond donors (Lipinski definition) is 0. The second-order valence-corrected chi connectivity index (χ2v) is 11.9. The first-order valence-electron chi connectivity index (χ1n) is 14.5. The lowest BCUT2D eigenvalue weighted by atomic mass is 9.73. The van der Waals surface area contributed by atoms with Gasteiger partial charge in [0.2, 0.25) is 0 Å². The fourth-order valence-corrected chi connectivity index (χ4v) is 5.96. The topological polar surface area (TPSA) is 59.0 Å². The molecule has 0 unspecified atom stereocenters. The van der Waals surface area contributed by atoms with Gasteiger partial charge in [-0.15, -0.1) is 0 Å². The van der Waals surface area contributed by atoms with E-state index < -0.39 is 11.1 Å². The summed E-state index contributed by atoms with van der Waals surface area (Å²) in [5.41, 5.74) is 2.27. The van der Waals surface area contributed by atoms with Crippen molar-refractivity contribution < 1.29 is 14.3 Å². The molecule has 0 spiro atoms. The van der Waals surface area contributed by atoms with E-state index in [4.69, 9.17) is 9.73 Å². The van der Waals surface area contributed by atoms with Crippen LogP contribution in [-0.2, 0) is 16.1 Å². The molecule has 204 valence electrons. The van der Waals surface area contributed by atoms with Crippen LogP contribution in [0.4, 0.5) is 0 Å². The lowest BCUT2D eigenvalue weighted by molar-refractivity contribution is -0.134. The van der Waals surface area contributed by atoms with Crippen molar-refractivity contribution in [1.82, 2.24) is 4.90 Å². The molecule has 1 amide bonds. The Balaban J connectivity index is 1.57. The van der Waals surface area contributed by atoms with Crippen LogP contribution < -0.4 is 0 Å². The van der Waals surface area contributed by atoms with E-state index in [0.717, 1.165) is 61.1 Å². The minimum Gasteiger partial charge on any atom is -0.456 e. The number of amides is 1. The highest BCUT2D eigenvalue weighted by Gasteiger charge is 2.51. The molecule has 1 saturated carbocycles. The monoisotopic (exact) mass is 516 g/mol. The Bertz CT molecular complexity index is 1160. The van der Waals surface area contributed by atoms with E-state index in [9.17, 15) is 9.59 Å². The van der Waals surface area contributed by atoms with Crippen LogP contribution in [0.15, 0.2) is 53.5 Å². The molecule has 5 heteroatoms. The van der Waals surface area contributed by atoms with E-state index in [1.165, 1.54) is 19.3 Å². The Morgan fingerprint density at radius 3 is 2.34 bits per heavy atom. The fourth-order valence-electron chi connectivity index (χ4n) is 5.96. The maximum absolute atomic E-state index is 14.0. The summed E-state index contributed by atoms with van der Waals surface area (Å²) < 4.78 is 5.64. The lowest BCUT2D eigenvalue weighted by Crippen LogP contribution is -2.47. The Kier molecular flexibility index (Phi) is 8.74. The van der Waals surface area contributed by atoms with Gasteiger partial charge in [-0.3, -0.25) is 14.7 Å². The number of amidine groups is 1. The van der Waals surface area contributed by atoms with Gasteiger partial charge in [0.1, 0.15) is 17.0 Å². The van der Waals surface area contributed by atoms with E-state index in [0.29, 0.717) is 18.0 Å². The number of benzene rings is 2. The normalized spacial score (nSPS) is 20.5. The molecule has 0 radical (unpaired) electrons. The molecule has 4 rings (SSSR count). The zero-order chi connectivity index (χ0) is 27.3. The first kappa shape index (κ1) is 28.1. The van der Waals surface area contributed by atoms with Gasteiger partial charge in [-0.1, -0.05) is 82.0 Å². The quantitative estimate of drug-likeness (QED) is 0.318. The van der Waals surface area contributed by atoms with Crippen molar-refractivity contribution >= 4 is 17.7 Å². The highest BCUT2D eigenvalue weighted by molar-refractivity contribution is 6.08. The van der Waals surface area contributed by atoms with Crippen molar-refractivity contribution in [3.8, 4) is 11.1 Å². The number of nitrogens with zero attached hydrogens (tertiary/aromatic N) is 2. The Morgan fingerprint density at radius 1 is 1.03 bits per heavy atom.